The Bertz CT molecular complexity index is 1050. The summed E-state index contributed by atoms with van der Waals surface area (Å²) in [5.74, 6) is 4.19. The molecule has 1 fully saturated rings. The van der Waals surface area contributed by atoms with Crippen molar-refractivity contribution in [1.29, 1.82) is 0 Å². The van der Waals surface area contributed by atoms with Gasteiger partial charge in [-0.25, -0.2) is 13.9 Å². The molecule has 0 aromatic heterocycles. The summed E-state index contributed by atoms with van der Waals surface area (Å²) in [7, 11) is -3.26. The third-order valence-corrected chi connectivity index (χ3v) is 6.49. The topological polar surface area (TPSA) is 113 Å². The number of benzene rings is 2. The highest BCUT2D eigenvalue weighted by atomic mass is 32.2. The van der Waals surface area contributed by atoms with E-state index in [0.29, 0.717) is 5.56 Å². The van der Waals surface area contributed by atoms with Crippen molar-refractivity contribution in [2.75, 3.05) is 11.5 Å². The number of sulfone groups is 1. The second-order valence-corrected chi connectivity index (χ2v) is 9.13. The van der Waals surface area contributed by atoms with Crippen molar-refractivity contribution < 1.29 is 23.2 Å². The average Bonchev–Trinajstić information content (AvgIpc) is 2.74. The molecule has 0 atom stereocenters. The van der Waals surface area contributed by atoms with Crippen LogP contribution in [0.2, 0.25) is 0 Å². The van der Waals surface area contributed by atoms with Crippen molar-refractivity contribution >= 4 is 21.7 Å². The van der Waals surface area contributed by atoms with Crippen molar-refractivity contribution in [3.05, 3.63) is 71.3 Å². The van der Waals surface area contributed by atoms with Crippen molar-refractivity contribution in [3.8, 4) is 11.8 Å². The van der Waals surface area contributed by atoms with Crippen molar-refractivity contribution in [2.24, 2.45) is 0 Å². The van der Waals surface area contributed by atoms with Crippen molar-refractivity contribution in [3.63, 3.8) is 0 Å². The van der Waals surface area contributed by atoms with E-state index in [-0.39, 0.29) is 24.3 Å². The van der Waals surface area contributed by atoms with Crippen LogP contribution < -0.4 is 10.8 Å². The lowest BCUT2D eigenvalue weighted by molar-refractivity contribution is -0.136. The first kappa shape index (κ1) is 20.6. The highest BCUT2D eigenvalue weighted by Crippen LogP contribution is 2.25. The van der Waals surface area contributed by atoms with E-state index in [1.165, 1.54) is 5.48 Å². The minimum Gasteiger partial charge on any atom is -0.337 e. The van der Waals surface area contributed by atoms with E-state index in [1.807, 2.05) is 30.3 Å². The number of carbonyl (C=O) groups excluding carboxylic acids is 2. The maximum absolute atomic E-state index is 12.6. The third-order valence-electron chi connectivity index (χ3n) is 4.84. The molecule has 1 heterocycles. The molecule has 7 nitrogen and oxygen atoms in total. The minimum atomic E-state index is -3.26. The number of rotatable bonds is 3. The second kappa shape index (κ2) is 8.47. The number of nitrogens with one attached hydrogen (secondary N) is 2. The molecule has 0 bridgehead atoms. The Labute approximate surface area is 169 Å². The molecule has 3 N–H and O–H groups in total. The van der Waals surface area contributed by atoms with E-state index in [1.54, 1.807) is 24.3 Å². The molecule has 3 rings (SSSR count). The maximum atomic E-state index is 12.6. The van der Waals surface area contributed by atoms with Crippen LogP contribution in [0.4, 0.5) is 0 Å². The fourth-order valence-electron chi connectivity index (χ4n) is 3.06. The maximum Gasteiger partial charge on any atom is 0.269 e. The zero-order valence-electron chi connectivity index (χ0n) is 15.5. The molecular formula is C21H20N2O5S. The van der Waals surface area contributed by atoms with Crippen LogP contribution in [0.1, 0.15) is 34.3 Å². The Morgan fingerprint density at radius 2 is 1.45 bits per heavy atom. The van der Waals surface area contributed by atoms with Gasteiger partial charge < -0.3 is 5.32 Å². The molecule has 2 amide bonds. The first-order valence-corrected chi connectivity index (χ1v) is 10.8. The van der Waals surface area contributed by atoms with Crippen LogP contribution in [0, 0.1) is 11.8 Å². The Morgan fingerprint density at radius 3 is 2.00 bits per heavy atom. The first-order valence-electron chi connectivity index (χ1n) is 8.98. The van der Waals surface area contributed by atoms with Gasteiger partial charge in [0.2, 0.25) is 0 Å². The molecule has 1 aliphatic heterocycles. The molecular weight excluding hydrogens is 392 g/mol. The Morgan fingerprint density at radius 1 is 0.897 bits per heavy atom. The van der Waals surface area contributed by atoms with E-state index in [0.717, 1.165) is 11.1 Å². The molecule has 8 heteroatoms. The van der Waals surface area contributed by atoms with Crippen molar-refractivity contribution in [1.82, 2.24) is 10.8 Å². The summed E-state index contributed by atoms with van der Waals surface area (Å²) in [4.78, 5) is 24.8. The highest BCUT2D eigenvalue weighted by Gasteiger charge is 2.44. The largest absolute Gasteiger partial charge is 0.337 e. The Balaban J connectivity index is 1.74. The van der Waals surface area contributed by atoms with Crippen LogP contribution in [0.5, 0.6) is 0 Å². The zero-order chi connectivity index (χ0) is 20.9. The van der Waals surface area contributed by atoms with E-state index in [4.69, 9.17) is 5.21 Å². The Hall–Kier alpha value is -3.15. The van der Waals surface area contributed by atoms with Crippen LogP contribution in [-0.2, 0) is 14.6 Å². The lowest BCUT2D eigenvalue weighted by atomic mass is 9.90. The van der Waals surface area contributed by atoms with E-state index >= 15 is 0 Å². The molecule has 0 unspecified atom stereocenters. The van der Waals surface area contributed by atoms with Crippen LogP contribution in [0.15, 0.2) is 54.6 Å². The summed E-state index contributed by atoms with van der Waals surface area (Å²) in [6, 6.07) is 16.0. The van der Waals surface area contributed by atoms with Gasteiger partial charge >= 0.3 is 0 Å². The van der Waals surface area contributed by atoms with E-state index in [2.05, 4.69) is 17.2 Å². The summed E-state index contributed by atoms with van der Waals surface area (Å²) in [6.45, 7) is 0. The summed E-state index contributed by atoms with van der Waals surface area (Å²) < 4.78 is 23.4. The van der Waals surface area contributed by atoms with Crippen molar-refractivity contribution in [2.45, 2.75) is 18.4 Å². The molecule has 0 saturated carbocycles. The predicted molar refractivity (Wildman–Crippen MR) is 107 cm³/mol. The van der Waals surface area contributed by atoms with Gasteiger partial charge in [-0.05, 0) is 49.2 Å². The van der Waals surface area contributed by atoms with E-state index < -0.39 is 27.2 Å². The number of hydrogen-bond donors (Lipinski definition) is 3. The van der Waals surface area contributed by atoms with Crippen LogP contribution in [0.25, 0.3) is 0 Å². The second-order valence-electron chi connectivity index (χ2n) is 6.82. The average molecular weight is 412 g/mol. The lowest BCUT2D eigenvalue weighted by Crippen LogP contribution is -2.61. The summed E-state index contributed by atoms with van der Waals surface area (Å²) in [6.07, 6.45) is -0.206. The molecule has 1 saturated heterocycles. The quantitative estimate of drug-likeness (QED) is 0.399. The molecule has 1 aliphatic rings. The molecule has 29 heavy (non-hydrogen) atoms. The predicted octanol–water partition coefficient (Wildman–Crippen LogP) is 1.27. The number of amides is 2. The summed E-state index contributed by atoms with van der Waals surface area (Å²) in [5, 5.41) is 11.6. The normalized spacial score (nSPS) is 16.7. The molecule has 0 aliphatic carbocycles. The highest BCUT2D eigenvalue weighted by molar-refractivity contribution is 7.91. The zero-order valence-corrected chi connectivity index (χ0v) is 16.3. The van der Waals surface area contributed by atoms with Gasteiger partial charge in [0.25, 0.3) is 11.8 Å². The van der Waals surface area contributed by atoms with Crippen LogP contribution in [0.3, 0.4) is 0 Å². The fourth-order valence-corrected chi connectivity index (χ4v) is 4.59. The fraction of sp³-hybridized carbons (Fsp3) is 0.238. The molecule has 2 aromatic rings. The number of carbonyl (C=O) groups is 2. The van der Waals surface area contributed by atoms with Gasteiger partial charge in [-0.1, -0.05) is 30.0 Å². The molecule has 2 aromatic carbocycles. The lowest BCUT2D eigenvalue weighted by Gasteiger charge is -2.35. The van der Waals surface area contributed by atoms with Gasteiger partial charge in [-0.3, -0.25) is 14.8 Å². The SMILES string of the molecule is O=C(NC1(C(=O)NO)CCS(=O)(=O)CC1)c1ccc(C#Cc2ccccc2)cc1. The first-order chi connectivity index (χ1) is 13.8. The van der Waals surface area contributed by atoms with Gasteiger partial charge in [0.1, 0.15) is 5.54 Å². The van der Waals surface area contributed by atoms with Gasteiger partial charge in [0.15, 0.2) is 9.84 Å². The van der Waals surface area contributed by atoms with Crippen LogP contribution >= 0.6 is 0 Å². The third kappa shape index (κ3) is 5.02. The standard InChI is InChI=1S/C21H20N2O5S/c24-19(22-21(20(25)23-26)12-14-29(27,28)15-13-21)18-10-8-17(9-11-18)7-6-16-4-2-1-3-5-16/h1-5,8-11,26H,12-15H2,(H,22,24)(H,23,25). The minimum absolute atomic E-state index is 0.103. The summed E-state index contributed by atoms with van der Waals surface area (Å²) in [5.41, 5.74) is 1.96. The number of hydrogen-bond acceptors (Lipinski definition) is 5. The van der Waals surface area contributed by atoms with Gasteiger partial charge in [-0.2, -0.15) is 0 Å². The molecule has 150 valence electrons. The van der Waals surface area contributed by atoms with Gasteiger partial charge in [0.05, 0.1) is 11.5 Å². The smallest absolute Gasteiger partial charge is 0.269 e. The van der Waals surface area contributed by atoms with E-state index in [9.17, 15) is 18.0 Å². The van der Waals surface area contributed by atoms with Gasteiger partial charge in [-0.15, -0.1) is 0 Å². The summed E-state index contributed by atoms with van der Waals surface area (Å²) >= 11 is 0. The van der Waals surface area contributed by atoms with Crippen LogP contribution in [-0.4, -0.2) is 42.5 Å². The number of hydroxylamine groups is 1. The van der Waals surface area contributed by atoms with Gasteiger partial charge in [0, 0.05) is 16.7 Å². The Kier molecular flexibility index (Phi) is 6.01. The monoisotopic (exact) mass is 412 g/mol. The molecule has 0 spiro atoms. The molecule has 0 radical (unpaired) electrons.